The SMILES string of the molecule is COc1ccccc1C(=O)Nc1nc2nc(-c3ccccc3)cc(=O)n2[nH]1.Cl. The molecular weight excluding hydrogens is 382 g/mol. The van der Waals surface area contributed by atoms with Gasteiger partial charge in [0, 0.05) is 11.6 Å². The van der Waals surface area contributed by atoms with E-state index in [0.29, 0.717) is 17.0 Å². The molecule has 0 bridgehead atoms. The number of nitrogens with one attached hydrogen (secondary N) is 2. The summed E-state index contributed by atoms with van der Waals surface area (Å²) >= 11 is 0. The number of ether oxygens (including phenoxy) is 1. The Labute approximate surface area is 165 Å². The summed E-state index contributed by atoms with van der Waals surface area (Å²) in [5, 5.41) is 5.36. The maximum Gasteiger partial charge on any atom is 0.274 e. The van der Waals surface area contributed by atoms with Gasteiger partial charge in [-0.3, -0.25) is 20.0 Å². The van der Waals surface area contributed by atoms with E-state index in [0.717, 1.165) is 5.56 Å². The standard InChI is InChI=1S/C19H15N5O3.ClH/c1-27-15-10-6-5-9-13(15)17(26)21-18-22-19-20-14(11-16(25)24(19)23-18)12-7-3-2-4-8-12;/h2-11H,1H3,(H2,20,21,22,23,26);1H. The van der Waals surface area contributed by atoms with Gasteiger partial charge in [0.25, 0.3) is 17.2 Å². The summed E-state index contributed by atoms with van der Waals surface area (Å²) in [5.41, 5.74) is 1.34. The minimum Gasteiger partial charge on any atom is -0.496 e. The Balaban J connectivity index is 0.00000225. The van der Waals surface area contributed by atoms with Gasteiger partial charge in [0.05, 0.1) is 18.4 Å². The Morgan fingerprint density at radius 2 is 1.79 bits per heavy atom. The second kappa shape index (κ2) is 7.93. The summed E-state index contributed by atoms with van der Waals surface area (Å²) in [6.45, 7) is 0. The van der Waals surface area contributed by atoms with Crippen molar-refractivity contribution in [3.63, 3.8) is 0 Å². The zero-order valence-corrected chi connectivity index (χ0v) is 15.6. The molecule has 0 unspecified atom stereocenters. The molecule has 4 rings (SSSR count). The Kier molecular flexibility index (Phi) is 5.42. The summed E-state index contributed by atoms with van der Waals surface area (Å²) in [6.07, 6.45) is 0. The molecule has 0 aliphatic carbocycles. The summed E-state index contributed by atoms with van der Waals surface area (Å²) < 4.78 is 6.36. The third-order valence-electron chi connectivity index (χ3n) is 3.98. The van der Waals surface area contributed by atoms with E-state index in [1.165, 1.54) is 17.7 Å². The molecule has 2 aromatic heterocycles. The normalized spacial score (nSPS) is 10.3. The number of aromatic nitrogens is 4. The van der Waals surface area contributed by atoms with Gasteiger partial charge in [-0.05, 0) is 12.1 Å². The molecule has 0 spiro atoms. The number of benzene rings is 2. The largest absolute Gasteiger partial charge is 0.496 e. The zero-order valence-electron chi connectivity index (χ0n) is 14.7. The van der Waals surface area contributed by atoms with E-state index in [1.807, 2.05) is 30.3 Å². The van der Waals surface area contributed by atoms with Crippen molar-refractivity contribution in [2.45, 2.75) is 0 Å². The number of amides is 1. The fourth-order valence-electron chi connectivity index (χ4n) is 2.70. The van der Waals surface area contributed by atoms with Crippen molar-refractivity contribution in [3.8, 4) is 17.0 Å². The number of rotatable bonds is 4. The third kappa shape index (κ3) is 3.58. The molecule has 0 fully saturated rings. The van der Waals surface area contributed by atoms with Crippen molar-refractivity contribution in [3.05, 3.63) is 76.6 Å². The highest BCUT2D eigenvalue weighted by atomic mass is 35.5. The van der Waals surface area contributed by atoms with Crippen LogP contribution < -0.4 is 15.6 Å². The number of hydrogen-bond donors (Lipinski definition) is 2. The van der Waals surface area contributed by atoms with E-state index in [-0.39, 0.29) is 29.7 Å². The lowest BCUT2D eigenvalue weighted by Gasteiger charge is -2.06. The average Bonchev–Trinajstić information content (AvgIpc) is 3.11. The molecule has 8 nitrogen and oxygen atoms in total. The van der Waals surface area contributed by atoms with Crippen LogP contribution in [0.1, 0.15) is 10.4 Å². The summed E-state index contributed by atoms with van der Waals surface area (Å²) in [5.74, 6) is 0.299. The maximum absolute atomic E-state index is 12.5. The van der Waals surface area contributed by atoms with Crippen molar-refractivity contribution in [2.75, 3.05) is 12.4 Å². The number of aromatic amines is 1. The van der Waals surface area contributed by atoms with Gasteiger partial charge in [-0.2, -0.15) is 9.50 Å². The minimum absolute atomic E-state index is 0. The minimum atomic E-state index is -0.414. The summed E-state index contributed by atoms with van der Waals surface area (Å²) in [4.78, 5) is 33.4. The molecule has 1 amide bonds. The highest BCUT2D eigenvalue weighted by Gasteiger charge is 2.15. The van der Waals surface area contributed by atoms with Crippen molar-refractivity contribution in [1.82, 2.24) is 19.6 Å². The van der Waals surface area contributed by atoms with Gasteiger partial charge in [-0.25, -0.2) is 4.98 Å². The molecule has 142 valence electrons. The van der Waals surface area contributed by atoms with E-state index < -0.39 is 5.91 Å². The van der Waals surface area contributed by atoms with Gasteiger partial charge in [-0.15, -0.1) is 12.4 Å². The van der Waals surface area contributed by atoms with Crippen molar-refractivity contribution in [2.24, 2.45) is 0 Å². The molecule has 0 atom stereocenters. The molecule has 0 radical (unpaired) electrons. The second-order valence-electron chi connectivity index (χ2n) is 5.71. The van der Waals surface area contributed by atoms with Gasteiger partial charge in [0.1, 0.15) is 5.75 Å². The molecule has 2 N–H and O–H groups in total. The molecular formula is C19H16ClN5O3. The first-order chi connectivity index (χ1) is 13.2. The van der Waals surface area contributed by atoms with E-state index in [2.05, 4.69) is 20.4 Å². The summed E-state index contributed by atoms with van der Waals surface area (Å²) in [6, 6.07) is 17.6. The van der Waals surface area contributed by atoms with Crippen LogP contribution in [0.2, 0.25) is 0 Å². The number of carbonyl (C=O) groups excluding carboxylic acids is 1. The molecule has 4 aromatic rings. The van der Waals surface area contributed by atoms with Crippen molar-refractivity contribution < 1.29 is 9.53 Å². The van der Waals surface area contributed by atoms with Crippen LogP contribution in [0.5, 0.6) is 5.75 Å². The highest BCUT2D eigenvalue weighted by molar-refractivity contribution is 6.05. The Hall–Kier alpha value is -3.65. The molecule has 0 saturated heterocycles. The fourth-order valence-corrected chi connectivity index (χ4v) is 2.70. The molecule has 9 heteroatoms. The zero-order chi connectivity index (χ0) is 18.8. The maximum atomic E-state index is 12.5. The first-order valence-electron chi connectivity index (χ1n) is 8.15. The Bertz CT molecular complexity index is 1190. The molecule has 0 saturated carbocycles. The lowest BCUT2D eigenvalue weighted by atomic mass is 10.1. The monoisotopic (exact) mass is 397 g/mol. The number of anilines is 1. The van der Waals surface area contributed by atoms with E-state index in [1.54, 1.807) is 24.3 Å². The van der Waals surface area contributed by atoms with Crippen LogP contribution in [-0.4, -0.2) is 32.6 Å². The van der Waals surface area contributed by atoms with Crippen LogP contribution in [0, 0.1) is 0 Å². The molecule has 2 aromatic carbocycles. The first kappa shape index (κ1) is 19.1. The number of fused-ring (bicyclic) bond motifs is 1. The van der Waals surface area contributed by atoms with E-state index in [9.17, 15) is 9.59 Å². The number of methoxy groups -OCH3 is 1. The number of hydrogen-bond acceptors (Lipinski definition) is 5. The van der Waals surface area contributed by atoms with Crippen LogP contribution in [0.3, 0.4) is 0 Å². The smallest absolute Gasteiger partial charge is 0.274 e. The van der Waals surface area contributed by atoms with Crippen LogP contribution >= 0.6 is 12.4 Å². The molecule has 28 heavy (non-hydrogen) atoms. The summed E-state index contributed by atoms with van der Waals surface area (Å²) in [7, 11) is 1.49. The predicted molar refractivity (Wildman–Crippen MR) is 107 cm³/mol. The van der Waals surface area contributed by atoms with Crippen molar-refractivity contribution >= 4 is 30.0 Å². The van der Waals surface area contributed by atoms with Gasteiger partial charge >= 0.3 is 0 Å². The average molecular weight is 398 g/mol. The second-order valence-corrected chi connectivity index (χ2v) is 5.71. The molecule has 2 heterocycles. The van der Waals surface area contributed by atoms with Gasteiger partial charge in [0.15, 0.2) is 0 Å². The van der Waals surface area contributed by atoms with Gasteiger partial charge in [0.2, 0.25) is 5.95 Å². The van der Waals surface area contributed by atoms with E-state index >= 15 is 0 Å². The molecule has 0 aliphatic rings. The molecule has 0 aliphatic heterocycles. The van der Waals surface area contributed by atoms with E-state index in [4.69, 9.17) is 4.74 Å². The number of halogens is 1. The van der Waals surface area contributed by atoms with Crippen LogP contribution in [0.15, 0.2) is 65.5 Å². The number of carbonyl (C=O) groups is 1. The third-order valence-corrected chi connectivity index (χ3v) is 3.98. The van der Waals surface area contributed by atoms with Crippen LogP contribution in [0.25, 0.3) is 17.0 Å². The lowest BCUT2D eigenvalue weighted by molar-refractivity contribution is 0.102. The Morgan fingerprint density at radius 1 is 1.07 bits per heavy atom. The van der Waals surface area contributed by atoms with Gasteiger partial charge < -0.3 is 4.74 Å². The number of para-hydroxylation sites is 1. The fraction of sp³-hybridized carbons (Fsp3) is 0.0526. The number of nitrogens with zero attached hydrogens (tertiary/aromatic N) is 3. The Morgan fingerprint density at radius 3 is 2.54 bits per heavy atom. The first-order valence-corrected chi connectivity index (χ1v) is 8.15. The number of H-pyrrole nitrogens is 1. The van der Waals surface area contributed by atoms with Crippen LogP contribution in [0.4, 0.5) is 5.95 Å². The lowest BCUT2D eigenvalue weighted by Crippen LogP contribution is -2.16. The van der Waals surface area contributed by atoms with Gasteiger partial charge in [-0.1, -0.05) is 42.5 Å². The van der Waals surface area contributed by atoms with Crippen LogP contribution in [-0.2, 0) is 0 Å². The van der Waals surface area contributed by atoms with Crippen molar-refractivity contribution in [1.29, 1.82) is 0 Å². The quantitative estimate of drug-likeness (QED) is 0.551. The predicted octanol–water partition coefficient (Wildman–Crippen LogP) is 2.77. The highest BCUT2D eigenvalue weighted by Crippen LogP contribution is 2.19. The topological polar surface area (TPSA) is 101 Å².